The molecule has 3 rings (SSSR count). The number of nitrogens with two attached hydrogens (primary N) is 1. The van der Waals surface area contributed by atoms with E-state index in [4.69, 9.17) is 10.5 Å². The second-order valence-corrected chi connectivity index (χ2v) is 4.32. The Bertz CT molecular complexity index is 561. The number of rotatable bonds is 2. The van der Waals surface area contributed by atoms with E-state index in [1.807, 2.05) is 0 Å². The van der Waals surface area contributed by atoms with Gasteiger partial charge in [0.2, 0.25) is 0 Å². The Morgan fingerprint density at radius 2 is 2.33 bits per heavy atom. The zero-order valence-electron chi connectivity index (χ0n) is 9.76. The maximum Gasteiger partial charge on any atom is 0.185 e. The number of nitrogens with zero attached hydrogens (tertiary/aromatic N) is 2. The predicted octanol–water partition coefficient (Wildman–Crippen LogP) is 1.61. The minimum absolute atomic E-state index is 0.0190. The summed E-state index contributed by atoms with van der Waals surface area (Å²) in [5.41, 5.74) is 6.78. The lowest BCUT2D eigenvalue weighted by Gasteiger charge is -2.03. The first-order valence-corrected chi connectivity index (χ1v) is 5.87. The van der Waals surface area contributed by atoms with Crippen LogP contribution in [-0.4, -0.2) is 26.9 Å². The second-order valence-electron chi connectivity index (χ2n) is 4.32. The average molecular weight is 246 g/mol. The molecule has 2 aromatic rings. The van der Waals surface area contributed by atoms with Gasteiger partial charge in [0, 0.05) is 12.3 Å². The molecule has 0 radical (unpaired) electrons. The Kier molecular flexibility index (Phi) is 2.64. The van der Waals surface area contributed by atoms with Crippen LogP contribution in [0.1, 0.15) is 24.8 Å². The van der Waals surface area contributed by atoms with Crippen molar-refractivity contribution in [2.45, 2.75) is 18.9 Å². The van der Waals surface area contributed by atoms with Gasteiger partial charge in [0.1, 0.15) is 11.9 Å². The SMILES string of the molecule is Nc1ccc(O)c(-c2n[nH]c(C3CCCO3)n2)c1. The number of aromatic amines is 1. The normalized spacial score (nSPS) is 19.2. The van der Waals surface area contributed by atoms with Crippen LogP contribution in [0, 0.1) is 0 Å². The fourth-order valence-corrected chi connectivity index (χ4v) is 2.06. The number of H-pyrrole nitrogens is 1. The van der Waals surface area contributed by atoms with Crippen LogP contribution in [0.4, 0.5) is 5.69 Å². The van der Waals surface area contributed by atoms with E-state index in [0.717, 1.165) is 19.4 Å². The van der Waals surface area contributed by atoms with Gasteiger partial charge in [-0.3, -0.25) is 5.10 Å². The third-order valence-corrected chi connectivity index (χ3v) is 3.00. The van der Waals surface area contributed by atoms with Crippen LogP contribution in [0.2, 0.25) is 0 Å². The van der Waals surface area contributed by atoms with Gasteiger partial charge in [-0.2, -0.15) is 5.10 Å². The Balaban J connectivity index is 1.94. The number of hydrogen-bond acceptors (Lipinski definition) is 5. The molecular weight excluding hydrogens is 232 g/mol. The fraction of sp³-hybridized carbons (Fsp3) is 0.333. The van der Waals surface area contributed by atoms with Crippen LogP contribution in [0.5, 0.6) is 5.75 Å². The summed E-state index contributed by atoms with van der Waals surface area (Å²) in [5.74, 6) is 1.25. The number of ether oxygens (including phenoxy) is 1. The zero-order chi connectivity index (χ0) is 12.5. The highest BCUT2D eigenvalue weighted by molar-refractivity contribution is 5.68. The van der Waals surface area contributed by atoms with E-state index in [2.05, 4.69) is 15.2 Å². The summed E-state index contributed by atoms with van der Waals surface area (Å²) < 4.78 is 5.52. The highest BCUT2D eigenvalue weighted by Gasteiger charge is 2.22. The molecule has 4 N–H and O–H groups in total. The molecule has 1 atom stereocenters. The minimum atomic E-state index is -0.0190. The predicted molar refractivity (Wildman–Crippen MR) is 65.8 cm³/mol. The minimum Gasteiger partial charge on any atom is -0.507 e. The lowest BCUT2D eigenvalue weighted by atomic mass is 10.1. The molecule has 1 aliphatic heterocycles. The molecule has 6 heteroatoms. The first-order valence-electron chi connectivity index (χ1n) is 5.87. The van der Waals surface area contributed by atoms with E-state index < -0.39 is 0 Å². The van der Waals surface area contributed by atoms with Gasteiger partial charge < -0.3 is 15.6 Å². The van der Waals surface area contributed by atoms with Gasteiger partial charge in [0.05, 0.1) is 5.56 Å². The molecule has 1 aliphatic rings. The van der Waals surface area contributed by atoms with Crippen LogP contribution in [0.15, 0.2) is 18.2 Å². The van der Waals surface area contributed by atoms with E-state index >= 15 is 0 Å². The number of aromatic nitrogens is 3. The molecular formula is C12H14N4O2. The Hall–Kier alpha value is -2.08. The summed E-state index contributed by atoms with van der Waals surface area (Å²) in [6.07, 6.45) is 1.95. The first-order chi connectivity index (χ1) is 8.74. The number of aromatic hydroxyl groups is 1. The van der Waals surface area contributed by atoms with E-state index in [-0.39, 0.29) is 11.9 Å². The van der Waals surface area contributed by atoms with Crippen molar-refractivity contribution in [2.75, 3.05) is 12.3 Å². The molecule has 0 spiro atoms. The molecule has 94 valence electrons. The van der Waals surface area contributed by atoms with Crippen LogP contribution in [0.25, 0.3) is 11.4 Å². The van der Waals surface area contributed by atoms with Crippen LogP contribution in [-0.2, 0) is 4.74 Å². The molecule has 18 heavy (non-hydrogen) atoms. The van der Waals surface area contributed by atoms with Gasteiger partial charge in [-0.1, -0.05) is 0 Å². The number of nitrogen functional groups attached to an aromatic ring is 1. The lowest BCUT2D eigenvalue weighted by molar-refractivity contribution is 0.105. The number of phenolic OH excluding ortho intramolecular Hbond substituents is 1. The first kappa shape index (κ1) is 11.0. The maximum absolute atomic E-state index is 9.78. The molecule has 1 aromatic heterocycles. The van der Waals surface area contributed by atoms with E-state index in [1.165, 1.54) is 6.07 Å². The number of anilines is 1. The topological polar surface area (TPSA) is 97.1 Å². The second kappa shape index (κ2) is 4.30. The van der Waals surface area contributed by atoms with Gasteiger partial charge in [-0.05, 0) is 31.0 Å². The van der Waals surface area contributed by atoms with Gasteiger partial charge in [0.15, 0.2) is 11.6 Å². The smallest absolute Gasteiger partial charge is 0.185 e. The van der Waals surface area contributed by atoms with E-state index in [0.29, 0.717) is 22.9 Å². The van der Waals surface area contributed by atoms with Crippen molar-refractivity contribution in [3.63, 3.8) is 0 Å². The van der Waals surface area contributed by atoms with Crippen molar-refractivity contribution in [1.29, 1.82) is 0 Å². The van der Waals surface area contributed by atoms with Gasteiger partial charge >= 0.3 is 0 Å². The largest absolute Gasteiger partial charge is 0.507 e. The summed E-state index contributed by atoms with van der Waals surface area (Å²) in [6, 6.07) is 4.82. The molecule has 0 saturated carbocycles. The number of hydrogen-bond donors (Lipinski definition) is 3. The molecule has 6 nitrogen and oxygen atoms in total. The molecule has 1 unspecified atom stereocenters. The van der Waals surface area contributed by atoms with Crippen molar-refractivity contribution >= 4 is 5.69 Å². The maximum atomic E-state index is 9.78. The van der Waals surface area contributed by atoms with Gasteiger partial charge in [-0.25, -0.2) is 4.98 Å². The summed E-state index contributed by atoms with van der Waals surface area (Å²) in [7, 11) is 0. The van der Waals surface area contributed by atoms with E-state index in [1.54, 1.807) is 12.1 Å². The summed E-state index contributed by atoms with van der Waals surface area (Å²) in [5, 5.41) is 16.7. The van der Waals surface area contributed by atoms with E-state index in [9.17, 15) is 5.11 Å². The van der Waals surface area contributed by atoms with Crippen molar-refractivity contribution in [1.82, 2.24) is 15.2 Å². The molecule has 1 aromatic carbocycles. The van der Waals surface area contributed by atoms with Crippen molar-refractivity contribution in [2.24, 2.45) is 0 Å². The Labute approximate surface area is 104 Å². The molecule has 1 saturated heterocycles. The van der Waals surface area contributed by atoms with Gasteiger partial charge in [0.25, 0.3) is 0 Å². The van der Waals surface area contributed by atoms with Crippen LogP contribution >= 0.6 is 0 Å². The summed E-state index contributed by atoms with van der Waals surface area (Å²) in [6.45, 7) is 0.754. The Morgan fingerprint density at radius 1 is 1.44 bits per heavy atom. The number of benzene rings is 1. The quantitative estimate of drug-likeness (QED) is 0.552. The standard InChI is InChI=1S/C12H14N4O2/c13-7-3-4-9(17)8(6-7)11-14-12(16-15-11)10-2-1-5-18-10/h3-4,6,10,17H,1-2,5,13H2,(H,14,15,16). The van der Waals surface area contributed by atoms with Crippen LogP contribution in [0.3, 0.4) is 0 Å². The molecule has 0 bridgehead atoms. The number of nitrogens with one attached hydrogen (secondary N) is 1. The lowest BCUT2D eigenvalue weighted by Crippen LogP contribution is -1.98. The summed E-state index contributed by atoms with van der Waals surface area (Å²) >= 11 is 0. The van der Waals surface area contributed by atoms with Crippen molar-refractivity contribution in [3.05, 3.63) is 24.0 Å². The average Bonchev–Trinajstić information content (AvgIpc) is 3.00. The highest BCUT2D eigenvalue weighted by atomic mass is 16.5. The molecule has 1 fully saturated rings. The van der Waals surface area contributed by atoms with Crippen molar-refractivity contribution in [3.8, 4) is 17.1 Å². The third kappa shape index (κ3) is 1.91. The molecule has 0 aliphatic carbocycles. The van der Waals surface area contributed by atoms with Crippen LogP contribution < -0.4 is 5.73 Å². The highest BCUT2D eigenvalue weighted by Crippen LogP contribution is 2.31. The van der Waals surface area contributed by atoms with Gasteiger partial charge in [-0.15, -0.1) is 0 Å². The zero-order valence-corrected chi connectivity index (χ0v) is 9.76. The molecule has 2 heterocycles. The Morgan fingerprint density at radius 3 is 3.11 bits per heavy atom. The number of phenols is 1. The monoisotopic (exact) mass is 246 g/mol. The van der Waals surface area contributed by atoms with Crippen molar-refractivity contribution < 1.29 is 9.84 Å². The summed E-state index contributed by atoms with van der Waals surface area (Å²) in [4.78, 5) is 4.36. The third-order valence-electron chi connectivity index (χ3n) is 3.00. The fourth-order valence-electron chi connectivity index (χ4n) is 2.06. The molecule has 0 amide bonds.